The van der Waals surface area contributed by atoms with Crippen molar-refractivity contribution in [2.75, 3.05) is 24.4 Å². The third-order valence-electron chi connectivity index (χ3n) is 5.03. The van der Waals surface area contributed by atoms with Crippen LogP contribution >= 0.6 is 11.8 Å². The fraction of sp³-hybridized carbons (Fsp3) is 0.227. The molecule has 0 saturated heterocycles. The van der Waals surface area contributed by atoms with E-state index >= 15 is 0 Å². The van der Waals surface area contributed by atoms with E-state index in [1.54, 1.807) is 7.11 Å². The van der Waals surface area contributed by atoms with Gasteiger partial charge in [0.15, 0.2) is 0 Å². The minimum absolute atomic E-state index is 0.148. The number of benzene rings is 2. The Morgan fingerprint density at radius 2 is 2.00 bits per heavy atom. The predicted octanol–water partition coefficient (Wildman–Crippen LogP) is 4.74. The van der Waals surface area contributed by atoms with Crippen molar-refractivity contribution in [3.05, 3.63) is 72.6 Å². The van der Waals surface area contributed by atoms with Gasteiger partial charge in [-0.15, -0.1) is 11.8 Å². The van der Waals surface area contributed by atoms with Gasteiger partial charge in [0.25, 0.3) is 0 Å². The average molecular weight is 394 g/mol. The molecule has 6 heteroatoms. The first-order valence-corrected chi connectivity index (χ1v) is 10.2. The summed E-state index contributed by atoms with van der Waals surface area (Å²) in [5.74, 6) is 1.72. The Balaban J connectivity index is 1.66. The van der Waals surface area contributed by atoms with Gasteiger partial charge in [-0.3, -0.25) is 4.98 Å². The van der Waals surface area contributed by atoms with Crippen LogP contribution in [-0.2, 0) is 0 Å². The van der Waals surface area contributed by atoms with Crippen LogP contribution in [0.1, 0.15) is 18.0 Å². The van der Waals surface area contributed by atoms with Gasteiger partial charge < -0.3 is 14.8 Å². The maximum absolute atomic E-state index is 9.16. The van der Waals surface area contributed by atoms with Crippen LogP contribution in [0.25, 0.3) is 11.1 Å². The summed E-state index contributed by atoms with van der Waals surface area (Å²) in [4.78, 5) is 7.79. The Hall–Kier alpha value is -2.54. The summed E-state index contributed by atoms with van der Waals surface area (Å²) in [5, 5.41) is 9.16. The largest absolute Gasteiger partial charge is 0.497 e. The number of pyridine rings is 1. The molecule has 144 valence electrons. The number of hydrogen-bond acceptors (Lipinski definition) is 6. The molecule has 1 atom stereocenters. The molecule has 1 aromatic heterocycles. The van der Waals surface area contributed by atoms with E-state index in [-0.39, 0.29) is 6.04 Å². The lowest BCUT2D eigenvalue weighted by Crippen LogP contribution is -2.28. The van der Waals surface area contributed by atoms with Crippen LogP contribution in [0.15, 0.2) is 71.9 Å². The molecule has 1 aliphatic heterocycles. The maximum Gasteiger partial charge on any atom is 0.119 e. The van der Waals surface area contributed by atoms with E-state index in [2.05, 4.69) is 45.7 Å². The van der Waals surface area contributed by atoms with E-state index in [0.29, 0.717) is 6.54 Å². The molecule has 3 aromatic rings. The molecule has 2 heterocycles. The summed E-state index contributed by atoms with van der Waals surface area (Å²) in [6.45, 7) is 0.521. The topological polar surface area (TPSA) is 57.6 Å². The molecular weight excluding hydrogens is 370 g/mol. The number of nitrogens with zero attached hydrogens (tertiary/aromatic N) is 2. The first-order chi connectivity index (χ1) is 13.8. The molecule has 2 N–H and O–H groups in total. The third kappa shape index (κ3) is 3.85. The highest BCUT2D eigenvalue weighted by molar-refractivity contribution is 7.99. The van der Waals surface area contributed by atoms with Gasteiger partial charge in [0.1, 0.15) is 5.75 Å². The molecule has 0 spiro atoms. The lowest BCUT2D eigenvalue weighted by atomic mass is 10.0. The van der Waals surface area contributed by atoms with Gasteiger partial charge in [0.05, 0.1) is 24.7 Å². The summed E-state index contributed by atoms with van der Waals surface area (Å²) in [7, 11) is 1.69. The maximum atomic E-state index is 9.16. The second kappa shape index (κ2) is 8.65. The summed E-state index contributed by atoms with van der Waals surface area (Å²) in [6.07, 6.45) is 4.43. The van der Waals surface area contributed by atoms with E-state index < -0.39 is 0 Å². The third-order valence-corrected chi connectivity index (χ3v) is 6.07. The van der Waals surface area contributed by atoms with Crippen LogP contribution < -0.4 is 15.1 Å². The van der Waals surface area contributed by atoms with Crippen LogP contribution in [0.5, 0.6) is 5.75 Å². The number of hydroxylamine groups is 1. The van der Waals surface area contributed by atoms with Crippen LogP contribution in [0.3, 0.4) is 0 Å². The fourth-order valence-corrected chi connectivity index (χ4v) is 4.75. The zero-order valence-electron chi connectivity index (χ0n) is 15.7. The number of thioether (sulfide) groups is 1. The van der Waals surface area contributed by atoms with Crippen LogP contribution in [0, 0.1) is 0 Å². The predicted molar refractivity (Wildman–Crippen MR) is 113 cm³/mol. The smallest absolute Gasteiger partial charge is 0.119 e. The van der Waals surface area contributed by atoms with Crippen molar-refractivity contribution >= 4 is 17.4 Å². The van der Waals surface area contributed by atoms with Gasteiger partial charge in [0.2, 0.25) is 0 Å². The van der Waals surface area contributed by atoms with Crippen molar-refractivity contribution in [1.82, 2.24) is 10.5 Å². The van der Waals surface area contributed by atoms with Gasteiger partial charge in [-0.05, 0) is 59.5 Å². The average Bonchev–Trinajstić information content (AvgIpc) is 3.18. The van der Waals surface area contributed by atoms with Crippen molar-refractivity contribution in [1.29, 1.82) is 0 Å². The first kappa shape index (κ1) is 18.8. The highest BCUT2D eigenvalue weighted by atomic mass is 32.2. The molecule has 0 amide bonds. The van der Waals surface area contributed by atoms with Gasteiger partial charge in [-0.2, -0.15) is 0 Å². The fourth-order valence-electron chi connectivity index (χ4n) is 3.61. The summed E-state index contributed by atoms with van der Waals surface area (Å²) in [6, 6.07) is 19.0. The van der Waals surface area contributed by atoms with Crippen molar-refractivity contribution in [3.8, 4) is 16.9 Å². The van der Waals surface area contributed by atoms with Crippen molar-refractivity contribution < 1.29 is 9.94 Å². The molecule has 4 rings (SSSR count). The number of anilines is 1. The molecule has 5 nitrogen and oxygen atoms in total. The highest BCUT2D eigenvalue weighted by Gasteiger charge is 2.28. The lowest BCUT2D eigenvalue weighted by molar-refractivity contribution is 0.163. The monoisotopic (exact) mass is 393 g/mol. The summed E-state index contributed by atoms with van der Waals surface area (Å²) in [5.41, 5.74) is 7.09. The molecule has 0 aliphatic carbocycles. The van der Waals surface area contributed by atoms with E-state index in [4.69, 9.17) is 9.94 Å². The number of hydrogen-bond donors (Lipinski definition) is 2. The Morgan fingerprint density at radius 1 is 1.14 bits per heavy atom. The van der Waals surface area contributed by atoms with E-state index in [1.165, 1.54) is 27.3 Å². The number of rotatable bonds is 7. The number of methoxy groups -OCH3 is 1. The van der Waals surface area contributed by atoms with Crippen molar-refractivity contribution in [2.45, 2.75) is 17.4 Å². The molecular formula is C22H23N3O2S. The standard InChI is InChI=1S/C22H23N3O2S/c1-27-19-4-2-3-18(13-19)20(9-12-24-26)25-15-28-22-14-17(5-6-21(22)25)16-7-10-23-11-8-16/h2-8,10-11,13-14,20,24,26H,9,12,15H2,1H3. The van der Waals surface area contributed by atoms with E-state index in [0.717, 1.165) is 18.0 Å². The molecule has 1 aliphatic rings. The lowest BCUT2D eigenvalue weighted by Gasteiger charge is -2.30. The summed E-state index contributed by atoms with van der Waals surface area (Å²) >= 11 is 1.85. The number of aromatic nitrogens is 1. The van der Waals surface area contributed by atoms with E-state index in [9.17, 15) is 0 Å². The van der Waals surface area contributed by atoms with Crippen LogP contribution in [-0.4, -0.2) is 29.7 Å². The first-order valence-electron chi connectivity index (χ1n) is 9.25. The zero-order valence-corrected chi connectivity index (χ0v) is 16.5. The Labute approximate surface area is 169 Å². The second-order valence-electron chi connectivity index (χ2n) is 6.65. The molecule has 2 aromatic carbocycles. The van der Waals surface area contributed by atoms with Crippen LogP contribution in [0.2, 0.25) is 0 Å². The molecule has 0 saturated carbocycles. The molecule has 0 fully saturated rings. The minimum Gasteiger partial charge on any atom is -0.497 e. The molecule has 1 unspecified atom stereocenters. The Kier molecular flexibility index (Phi) is 5.81. The molecule has 0 bridgehead atoms. The zero-order chi connectivity index (χ0) is 19.3. The SMILES string of the molecule is COc1cccc(C(CCNO)N2CSc3cc(-c4ccncc4)ccc32)c1. The van der Waals surface area contributed by atoms with Gasteiger partial charge in [-0.25, -0.2) is 5.48 Å². The molecule has 0 radical (unpaired) electrons. The van der Waals surface area contributed by atoms with Crippen molar-refractivity contribution in [2.24, 2.45) is 0 Å². The van der Waals surface area contributed by atoms with E-state index in [1.807, 2.05) is 48.4 Å². The van der Waals surface area contributed by atoms with Crippen molar-refractivity contribution in [3.63, 3.8) is 0 Å². The van der Waals surface area contributed by atoms with Gasteiger partial charge in [0, 0.05) is 23.8 Å². The van der Waals surface area contributed by atoms with Gasteiger partial charge >= 0.3 is 0 Å². The highest BCUT2D eigenvalue weighted by Crippen LogP contribution is 2.45. The number of ether oxygens (including phenoxy) is 1. The number of fused-ring (bicyclic) bond motifs is 1. The summed E-state index contributed by atoms with van der Waals surface area (Å²) < 4.78 is 5.41. The van der Waals surface area contributed by atoms with Crippen LogP contribution in [0.4, 0.5) is 5.69 Å². The number of nitrogens with one attached hydrogen (secondary N) is 1. The Morgan fingerprint density at radius 3 is 2.79 bits per heavy atom. The minimum atomic E-state index is 0.148. The Bertz CT molecular complexity index is 936. The quantitative estimate of drug-likeness (QED) is 0.566. The molecule has 28 heavy (non-hydrogen) atoms. The normalized spacial score (nSPS) is 14.0. The second-order valence-corrected chi connectivity index (χ2v) is 7.64. The van der Waals surface area contributed by atoms with Gasteiger partial charge in [-0.1, -0.05) is 18.2 Å².